The molecule has 2 amide bonds. The molecule has 0 saturated carbocycles. The van der Waals surface area contributed by atoms with Gasteiger partial charge in [-0.1, -0.05) is 0 Å². The minimum Gasteiger partial charge on any atom is -0.331 e. The predicted molar refractivity (Wildman–Crippen MR) is 105 cm³/mol. The molecule has 1 N–H and O–H groups in total. The molecule has 1 atom stereocenters. The van der Waals surface area contributed by atoms with E-state index in [1.807, 2.05) is 10.3 Å². The third-order valence-corrected chi connectivity index (χ3v) is 5.57. The molecule has 1 saturated heterocycles. The predicted octanol–water partition coefficient (Wildman–Crippen LogP) is 4.08. The Morgan fingerprint density at radius 2 is 2.04 bits per heavy atom. The summed E-state index contributed by atoms with van der Waals surface area (Å²) >= 11 is 1.65. The van der Waals surface area contributed by atoms with Crippen molar-refractivity contribution in [3.05, 3.63) is 70.4 Å². The van der Waals surface area contributed by atoms with Gasteiger partial charge in [0, 0.05) is 37.2 Å². The van der Waals surface area contributed by atoms with E-state index in [1.54, 1.807) is 59.6 Å². The fourth-order valence-corrected chi connectivity index (χ4v) is 4.14. The van der Waals surface area contributed by atoms with Crippen molar-refractivity contribution in [2.45, 2.75) is 18.9 Å². The zero-order valence-electron chi connectivity index (χ0n) is 15.0. The summed E-state index contributed by atoms with van der Waals surface area (Å²) in [7, 11) is 1.79. The van der Waals surface area contributed by atoms with Gasteiger partial charge in [0.05, 0.1) is 6.04 Å². The standard InChI is InChI=1S/C20H20N4O2S/c1-23-11-9-21-19(23)18(25)14-4-6-16(7-5-14)22-20(26)24-10-2-3-17(24)15-8-12-27-13-15/h4-9,11-13,17H,2-3,10H2,1H3,(H,22,26). The Hall–Kier alpha value is -2.93. The van der Waals surface area contributed by atoms with Gasteiger partial charge in [0.25, 0.3) is 0 Å². The fraction of sp³-hybridized carbons (Fsp3) is 0.250. The van der Waals surface area contributed by atoms with Crippen molar-refractivity contribution in [3.8, 4) is 0 Å². The van der Waals surface area contributed by atoms with Gasteiger partial charge in [-0.25, -0.2) is 9.78 Å². The van der Waals surface area contributed by atoms with Gasteiger partial charge in [-0.3, -0.25) is 4.79 Å². The molecule has 1 aromatic carbocycles. The lowest BCUT2D eigenvalue weighted by Gasteiger charge is -2.24. The van der Waals surface area contributed by atoms with Crippen LogP contribution >= 0.6 is 11.3 Å². The van der Waals surface area contributed by atoms with Gasteiger partial charge in [-0.15, -0.1) is 0 Å². The van der Waals surface area contributed by atoms with Gasteiger partial charge in [0.1, 0.15) is 0 Å². The fourth-order valence-electron chi connectivity index (χ4n) is 3.43. The number of rotatable bonds is 4. The summed E-state index contributed by atoms with van der Waals surface area (Å²) < 4.78 is 1.69. The Morgan fingerprint density at radius 1 is 1.22 bits per heavy atom. The molecular weight excluding hydrogens is 360 g/mol. The van der Waals surface area contributed by atoms with E-state index in [0.29, 0.717) is 17.1 Å². The Balaban J connectivity index is 1.44. The highest BCUT2D eigenvalue weighted by Crippen LogP contribution is 2.33. The molecule has 1 aliphatic heterocycles. The minimum atomic E-state index is -0.141. The summed E-state index contributed by atoms with van der Waals surface area (Å²) in [5.74, 6) is 0.250. The average molecular weight is 380 g/mol. The maximum Gasteiger partial charge on any atom is 0.322 e. The number of hydrogen-bond acceptors (Lipinski definition) is 4. The zero-order valence-corrected chi connectivity index (χ0v) is 15.8. The number of anilines is 1. The number of carbonyl (C=O) groups is 2. The van der Waals surface area contributed by atoms with Gasteiger partial charge >= 0.3 is 6.03 Å². The quantitative estimate of drug-likeness (QED) is 0.694. The first kappa shape index (κ1) is 17.5. The van der Waals surface area contributed by atoms with Crippen LogP contribution in [0.3, 0.4) is 0 Å². The highest BCUT2D eigenvalue weighted by molar-refractivity contribution is 7.08. The van der Waals surface area contributed by atoms with Crippen molar-refractivity contribution in [1.82, 2.24) is 14.5 Å². The van der Waals surface area contributed by atoms with Crippen molar-refractivity contribution in [3.63, 3.8) is 0 Å². The van der Waals surface area contributed by atoms with E-state index in [9.17, 15) is 9.59 Å². The lowest BCUT2D eigenvalue weighted by atomic mass is 10.1. The Morgan fingerprint density at radius 3 is 2.70 bits per heavy atom. The van der Waals surface area contributed by atoms with E-state index >= 15 is 0 Å². The maximum absolute atomic E-state index is 12.7. The maximum atomic E-state index is 12.7. The third kappa shape index (κ3) is 3.50. The summed E-state index contributed by atoms with van der Waals surface area (Å²) in [6.45, 7) is 0.752. The number of nitrogens with zero attached hydrogens (tertiary/aromatic N) is 3. The van der Waals surface area contributed by atoms with E-state index < -0.39 is 0 Å². The van der Waals surface area contributed by atoms with Crippen LogP contribution in [0.2, 0.25) is 0 Å². The molecule has 0 aliphatic carbocycles. The SMILES string of the molecule is Cn1ccnc1C(=O)c1ccc(NC(=O)N2CCCC2c2ccsc2)cc1. The number of imidazole rings is 1. The van der Waals surface area contributed by atoms with Crippen molar-refractivity contribution in [1.29, 1.82) is 0 Å². The summed E-state index contributed by atoms with van der Waals surface area (Å²) in [5.41, 5.74) is 2.41. The van der Waals surface area contributed by atoms with E-state index in [2.05, 4.69) is 21.7 Å². The van der Waals surface area contributed by atoms with E-state index in [-0.39, 0.29) is 17.9 Å². The summed E-state index contributed by atoms with van der Waals surface area (Å²) in [6, 6.07) is 9.05. The number of aromatic nitrogens is 2. The van der Waals surface area contributed by atoms with Crippen molar-refractivity contribution in [2.75, 3.05) is 11.9 Å². The van der Waals surface area contributed by atoms with E-state index in [0.717, 1.165) is 19.4 Å². The Bertz CT molecular complexity index is 947. The Kier molecular flexibility index (Phi) is 4.77. The van der Waals surface area contributed by atoms with Crippen LogP contribution in [0.4, 0.5) is 10.5 Å². The number of carbonyl (C=O) groups excluding carboxylic acids is 2. The summed E-state index contributed by atoms with van der Waals surface area (Å²) in [5, 5.41) is 7.09. The molecule has 138 valence electrons. The van der Waals surface area contributed by atoms with Crippen molar-refractivity contribution < 1.29 is 9.59 Å². The normalized spacial score (nSPS) is 16.5. The molecule has 1 unspecified atom stereocenters. The van der Waals surface area contributed by atoms with Crippen LogP contribution in [0.1, 0.15) is 40.6 Å². The molecule has 6 nitrogen and oxygen atoms in total. The van der Waals surface area contributed by atoms with Crippen LogP contribution < -0.4 is 5.32 Å². The lowest BCUT2D eigenvalue weighted by Crippen LogP contribution is -2.34. The number of amides is 2. The summed E-state index contributed by atoms with van der Waals surface area (Å²) in [6.07, 6.45) is 5.33. The smallest absolute Gasteiger partial charge is 0.322 e. The third-order valence-electron chi connectivity index (χ3n) is 4.86. The molecule has 4 rings (SSSR count). The zero-order chi connectivity index (χ0) is 18.8. The molecule has 2 aromatic heterocycles. The van der Waals surface area contributed by atoms with E-state index in [1.165, 1.54) is 5.56 Å². The van der Waals surface area contributed by atoms with Crippen LogP contribution in [0, 0.1) is 0 Å². The van der Waals surface area contributed by atoms with Gasteiger partial charge in [-0.2, -0.15) is 11.3 Å². The number of ketones is 1. The molecule has 27 heavy (non-hydrogen) atoms. The number of hydrogen-bond donors (Lipinski definition) is 1. The highest BCUT2D eigenvalue weighted by atomic mass is 32.1. The van der Waals surface area contributed by atoms with Crippen LogP contribution in [0.25, 0.3) is 0 Å². The van der Waals surface area contributed by atoms with E-state index in [4.69, 9.17) is 0 Å². The first-order valence-electron chi connectivity index (χ1n) is 8.85. The minimum absolute atomic E-state index is 0.105. The van der Waals surface area contributed by atoms with Crippen LogP contribution in [0.5, 0.6) is 0 Å². The van der Waals surface area contributed by atoms with Crippen molar-refractivity contribution in [2.24, 2.45) is 7.05 Å². The van der Waals surface area contributed by atoms with Crippen LogP contribution in [-0.2, 0) is 7.05 Å². The second kappa shape index (κ2) is 7.36. The van der Waals surface area contributed by atoms with Crippen molar-refractivity contribution >= 4 is 28.8 Å². The second-order valence-electron chi connectivity index (χ2n) is 6.61. The molecule has 3 heterocycles. The van der Waals surface area contributed by atoms with Gasteiger partial charge in [-0.05, 0) is 59.5 Å². The molecule has 3 aromatic rings. The number of thiophene rings is 1. The Labute approximate surface area is 161 Å². The molecule has 0 spiro atoms. The van der Waals surface area contributed by atoms with Crippen LogP contribution in [-0.4, -0.2) is 32.8 Å². The largest absolute Gasteiger partial charge is 0.331 e. The van der Waals surface area contributed by atoms with Crippen LogP contribution in [0.15, 0.2) is 53.5 Å². The number of nitrogens with one attached hydrogen (secondary N) is 1. The average Bonchev–Trinajstić information content (AvgIpc) is 3.42. The van der Waals surface area contributed by atoms with Gasteiger partial charge in [0.15, 0.2) is 5.82 Å². The summed E-state index contributed by atoms with van der Waals surface area (Å²) in [4.78, 5) is 31.1. The first-order valence-corrected chi connectivity index (χ1v) is 9.79. The second-order valence-corrected chi connectivity index (χ2v) is 7.39. The molecule has 1 aliphatic rings. The highest BCUT2D eigenvalue weighted by Gasteiger charge is 2.30. The number of urea groups is 1. The topological polar surface area (TPSA) is 67.2 Å². The first-order chi connectivity index (χ1) is 13.1. The number of likely N-dealkylation sites (tertiary alicyclic amines) is 1. The molecule has 0 bridgehead atoms. The molecule has 0 radical (unpaired) electrons. The monoisotopic (exact) mass is 380 g/mol. The molecule has 7 heteroatoms. The van der Waals surface area contributed by atoms with Gasteiger partial charge < -0.3 is 14.8 Å². The number of benzene rings is 1. The lowest BCUT2D eigenvalue weighted by molar-refractivity contribution is 0.102. The number of aryl methyl sites for hydroxylation is 1. The molecular formula is C20H20N4O2S. The van der Waals surface area contributed by atoms with Gasteiger partial charge in [0.2, 0.25) is 5.78 Å². The molecule has 1 fully saturated rings.